The highest BCUT2D eigenvalue weighted by Gasteiger charge is 2.42. The van der Waals surface area contributed by atoms with Crippen LogP contribution in [0.3, 0.4) is 0 Å². The van der Waals surface area contributed by atoms with Gasteiger partial charge < -0.3 is 34.3 Å². The van der Waals surface area contributed by atoms with E-state index in [1.165, 1.54) is 13.1 Å². The Bertz CT molecular complexity index is 1380. The zero-order valence-corrected chi connectivity index (χ0v) is 24.6. The molecule has 218 valence electrons. The Morgan fingerprint density at radius 1 is 1.07 bits per heavy atom. The summed E-state index contributed by atoms with van der Waals surface area (Å²) in [7, 11) is 3.15. The van der Waals surface area contributed by atoms with Gasteiger partial charge in [-0.05, 0) is 47.5 Å². The molecule has 8 nitrogen and oxygen atoms in total. The Morgan fingerprint density at radius 3 is 2.54 bits per heavy atom. The molecule has 2 aliphatic rings. The molecule has 1 spiro atoms. The fraction of sp³-hybridized carbons (Fsp3) is 0.387. The summed E-state index contributed by atoms with van der Waals surface area (Å²) in [5.74, 6) is 1.98. The van der Waals surface area contributed by atoms with Gasteiger partial charge in [0.15, 0.2) is 0 Å². The number of β-amino-alcohol motifs (C(OH)–C–C–N with tert-alkyl or cyclic N) is 1. The van der Waals surface area contributed by atoms with Crippen LogP contribution in [0, 0.1) is 0 Å². The van der Waals surface area contributed by atoms with Gasteiger partial charge in [0.1, 0.15) is 47.9 Å². The number of hydrogen-bond acceptors (Lipinski definition) is 7. The number of piperidine rings is 1. The highest BCUT2D eigenvalue weighted by atomic mass is 35.5. The molecule has 2 aliphatic heterocycles. The normalized spacial score (nSPS) is 16.5. The van der Waals surface area contributed by atoms with Crippen LogP contribution in [0.5, 0.6) is 23.0 Å². The first-order valence-corrected chi connectivity index (χ1v) is 14.3. The number of amides is 1. The lowest BCUT2D eigenvalue weighted by Crippen LogP contribution is -2.49. The van der Waals surface area contributed by atoms with Crippen LogP contribution in [-0.4, -0.2) is 68.0 Å². The Hall–Kier alpha value is -3.17. The predicted molar refractivity (Wildman–Crippen MR) is 158 cm³/mol. The van der Waals surface area contributed by atoms with Crippen LogP contribution in [0.2, 0.25) is 10.0 Å². The second-order valence-corrected chi connectivity index (χ2v) is 11.3. The largest absolute Gasteiger partial charge is 0.497 e. The van der Waals surface area contributed by atoms with Crippen molar-refractivity contribution in [2.45, 2.75) is 37.6 Å². The molecule has 0 aliphatic carbocycles. The maximum absolute atomic E-state index is 12.5. The molecule has 0 bridgehead atoms. The summed E-state index contributed by atoms with van der Waals surface area (Å²) < 4.78 is 23.4. The van der Waals surface area contributed by atoms with E-state index in [0.717, 1.165) is 60.0 Å². The summed E-state index contributed by atoms with van der Waals surface area (Å²) in [6.45, 7) is 2.31. The number of carbonyl (C=O) groups excluding carboxylic acids is 1. The van der Waals surface area contributed by atoms with Gasteiger partial charge in [0, 0.05) is 57.0 Å². The number of benzene rings is 3. The maximum atomic E-state index is 12.5. The molecular formula is C31H34Cl2N2O6. The van der Waals surface area contributed by atoms with Crippen LogP contribution in [0.25, 0.3) is 0 Å². The fourth-order valence-electron chi connectivity index (χ4n) is 5.32. The van der Waals surface area contributed by atoms with Gasteiger partial charge in [-0.3, -0.25) is 4.79 Å². The first-order valence-electron chi connectivity index (χ1n) is 13.6. The Kier molecular flexibility index (Phi) is 9.14. The zero-order valence-electron chi connectivity index (χ0n) is 23.1. The molecule has 0 radical (unpaired) electrons. The third-order valence-electron chi connectivity index (χ3n) is 7.59. The lowest BCUT2D eigenvalue weighted by molar-refractivity contribution is -0.00201. The van der Waals surface area contributed by atoms with Gasteiger partial charge >= 0.3 is 0 Å². The molecular weight excluding hydrogens is 567 g/mol. The summed E-state index contributed by atoms with van der Waals surface area (Å²) in [6.07, 6.45) is 1.81. The standard InChI is InChI=1S/C31H34Cl2N2O6/c1-34-30(37)25-14-26(33)29(39-18-20-3-6-24(38-2)7-4-20)15-28(25)40-19-23(36)17-35-11-9-31(10-12-35)16-21-13-22(32)5-8-27(21)41-31/h3-8,13-15,23,36H,9-12,16-19H2,1-2H3,(H,34,37)/t23-/m0/s1. The van der Waals surface area contributed by atoms with E-state index in [1.807, 2.05) is 42.5 Å². The molecule has 0 saturated carbocycles. The number of nitrogens with one attached hydrogen (secondary N) is 1. The highest BCUT2D eigenvalue weighted by molar-refractivity contribution is 6.32. The first-order chi connectivity index (χ1) is 19.8. The summed E-state index contributed by atoms with van der Waals surface area (Å²) in [5.41, 5.74) is 2.13. The maximum Gasteiger partial charge on any atom is 0.254 e. The van der Waals surface area contributed by atoms with E-state index >= 15 is 0 Å². The van der Waals surface area contributed by atoms with Crippen LogP contribution >= 0.6 is 23.2 Å². The SMILES string of the molecule is CNC(=O)c1cc(Cl)c(OCc2ccc(OC)cc2)cc1OC[C@@H](O)CN1CCC2(CC1)Cc1cc(Cl)ccc1O2. The van der Waals surface area contributed by atoms with E-state index in [-0.39, 0.29) is 41.1 Å². The Balaban J connectivity index is 1.17. The van der Waals surface area contributed by atoms with Crippen molar-refractivity contribution in [1.82, 2.24) is 10.2 Å². The molecule has 1 saturated heterocycles. The number of aliphatic hydroxyl groups excluding tert-OH is 1. The van der Waals surface area contributed by atoms with E-state index < -0.39 is 6.10 Å². The molecule has 5 rings (SSSR count). The van der Waals surface area contributed by atoms with Gasteiger partial charge in [0.2, 0.25) is 0 Å². The molecule has 1 atom stereocenters. The minimum Gasteiger partial charge on any atom is -0.497 e. The first kappa shape index (κ1) is 29.3. The van der Waals surface area contributed by atoms with Crippen molar-refractivity contribution in [1.29, 1.82) is 0 Å². The summed E-state index contributed by atoms with van der Waals surface area (Å²) >= 11 is 12.6. The topological polar surface area (TPSA) is 89.5 Å². The zero-order chi connectivity index (χ0) is 29.0. The third kappa shape index (κ3) is 7.01. The second kappa shape index (κ2) is 12.8. The van der Waals surface area contributed by atoms with Crippen molar-refractivity contribution in [3.8, 4) is 23.0 Å². The minimum atomic E-state index is -0.763. The van der Waals surface area contributed by atoms with E-state index in [2.05, 4.69) is 10.2 Å². The number of rotatable bonds is 10. The van der Waals surface area contributed by atoms with Gasteiger partial charge in [0.25, 0.3) is 5.91 Å². The lowest BCUT2D eigenvalue weighted by atomic mass is 9.87. The van der Waals surface area contributed by atoms with E-state index in [9.17, 15) is 9.90 Å². The number of hydrogen-bond donors (Lipinski definition) is 2. The van der Waals surface area contributed by atoms with E-state index in [1.54, 1.807) is 13.2 Å². The number of nitrogens with zero attached hydrogens (tertiary/aromatic N) is 1. The van der Waals surface area contributed by atoms with Crippen LogP contribution < -0.4 is 24.3 Å². The lowest BCUT2D eigenvalue weighted by Gasteiger charge is -2.39. The van der Waals surface area contributed by atoms with Gasteiger partial charge in [-0.25, -0.2) is 0 Å². The van der Waals surface area contributed by atoms with Crippen LogP contribution in [0.15, 0.2) is 54.6 Å². The fourth-order valence-corrected chi connectivity index (χ4v) is 5.73. The van der Waals surface area contributed by atoms with Crippen LogP contribution in [0.4, 0.5) is 0 Å². The van der Waals surface area contributed by atoms with Crippen molar-refractivity contribution in [3.05, 3.63) is 81.3 Å². The van der Waals surface area contributed by atoms with Crippen LogP contribution in [-0.2, 0) is 13.0 Å². The Morgan fingerprint density at radius 2 is 1.83 bits per heavy atom. The molecule has 0 unspecified atom stereocenters. The Labute approximate surface area is 250 Å². The number of fused-ring (bicyclic) bond motifs is 1. The monoisotopic (exact) mass is 600 g/mol. The van der Waals surface area contributed by atoms with Gasteiger partial charge in [-0.15, -0.1) is 0 Å². The van der Waals surface area contributed by atoms with Crippen molar-refractivity contribution >= 4 is 29.1 Å². The summed E-state index contributed by atoms with van der Waals surface area (Å²) in [4.78, 5) is 14.7. The number of methoxy groups -OCH3 is 1. The van der Waals surface area contributed by atoms with Crippen LogP contribution in [0.1, 0.15) is 34.3 Å². The molecule has 41 heavy (non-hydrogen) atoms. The smallest absolute Gasteiger partial charge is 0.254 e. The van der Waals surface area contributed by atoms with Crippen molar-refractivity contribution in [3.63, 3.8) is 0 Å². The molecule has 2 heterocycles. The van der Waals surface area contributed by atoms with Gasteiger partial charge in [0.05, 0.1) is 17.7 Å². The number of aliphatic hydroxyl groups is 1. The number of halogens is 2. The molecule has 10 heteroatoms. The van der Waals surface area contributed by atoms with E-state index in [0.29, 0.717) is 12.3 Å². The molecule has 3 aromatic rings. The summed E-state index contributed by atoms with van der Waals surface area (Å²) in [6, 6.07) is 16.4. The van der Waals surface area contributed by atoms with Crippen molar-refractivity contribution in [2.24, 2.45) is 0 Å². The number of likely N-dealkylation sites (tertiary alicyclic amines) is 1. The second-order valence-electron chi connectivity index (χ2n) is 10.5. The van der Waals surface area contributed by atoms with Crippen molar-refractivity contribution in [2.75, 3.05) is 40.4 Å². The van der Waals surface area contributed by atoms with Gasteiger partial charge in [-0.1, -0.05) is 35.3 Å². The number of carbonyl (C=O) groups is 1. The molecule has 1 fully saturated rings. The summed E-state index contributed by atoms with van der Waals surface area (Å²) in [5, 5.41) is 14.4. The predicted octanol–water partition coefficient (Wildman–Crippen LogP) is 5.15. The van der Waals surface area contributed by atoms with E-state index in [4.69, 9.17) is 42.1 Å². The van der Waals surface area contributed by atoms with Crippen molar-refractivity contribution < 1.29 is 28.8 Å². The average Bonchev–Trinajstić information content (AvgIpc) is 3.33. The average molecular weight is 602 g/mol. The van der Waals surface area contributed by atoms with Gasteiger partial charge in [-0.2, -0.15) is 0 Å². The number of ether oxygens (including phenoxy) is 4. The molecule has 1 amide bonds. The quantitative estimate of drug-likeness (QED) is 0.332. The molecule has 2 N–H and O–H groups in total. The third-order valence-corrected chi connectivity index (χ3v) is 8.12. The highest BCUT2D eigenvalue weighted by Crippen LogP contribution is 2.42. The molecule has 0 aromatic heterocycles. The molecule has 3 aromatic carbocycles. The minimum absolute atomic E-state index is 0.00559.